The number of Topliss-reactive ketones (excluding diaryl/α,β-unsaturated/α-hetero) is 1. The summed E-state index contributed by atoms with van der Waals surface area (Å²) in [6.07, 6.45) is 8.28. The number of ketones is 1. The molecular weight excluding hydrogens is 470 g/mol. The third kappa shape index (κ3) is 4.87. The van der Waals surface area contributed by atoms with Crippen molar-refractivity contribution in [3.63, 3.8) is 0 Å². The second kappa shape index (κ2) is 10.3. The average molecular weight is 500 g/mol. The molecule has 0 aliphatic carbocycles. The summed E-state index contributed by atoms with van der Waals surface area (Å²) in [7, 11) is 0. The van der Waals surface area contributed by atoms with Gasteiger partial charge in [-0.3, -0.25) is 9.59 Å². The predicted octanol–water partition coefficient (Wildman–Crippen LogP) is 4.28. The van der Waals surface area contributed by atoms with E-state index >= 15 is 0 Å². The van der Waals surface area contributed by atoms with Crippen LogP contribution < -0.4 is 9.47 Å². The fraction of sp³-hybridized carbons (Fsp3) is 0.276. The summed E-state index contributed by atoms with van der Waals surface area (Å²) in [5.74, 6) is -0.168. The molecule has 0 saturated carbocycles. The van der Waals surface area contributed by atoms with Gasteiger partial charge < -0.3 is 24.0 Å². The van der Waals surface area contributed by atoms with E-state index < -0.39 is 17.7 Å². The molecule has 1 saturated heterocycles. The van der Waals surface area contributed by atoms with Gasteiger partial charge in [0.1, 0.15) is 30.0 Å². The van der Waals surface area contributed by atoms with Crippen LogP contribution in [-0.2, 0) is 22.6 Å². The van der Waals surface area contributed by atoms with Crippen LogP contribution in [0.1, 0.15) is 36.1 Å². The molecule has 5 rings (SSSR count). The van der Waals surface area contributed by atoms with Gasteiger partial charge in [-0.1, -0.05) is 24.8 Å². The Morgan fingerprint density at radius 3 is 2.89 bits per heavy atom. The van der Waals surface area contributed by atoms with Gasteiger partial charge in [0, 0.05) is 37.5 Å². The summed E-state index contributed by atoms with van der Waals surface area (Å²) in [5.41, 5.74) is 2.20. The first-order valence-electron chi connectivity index (χ1n) is 12.3. The Kier molecular flexibility index (Phi) is 6.81. The maximum absolute atomic E-state index is 13.4. The lowest BCUT2D eigenvalue weighted by atomic mass is 9.94. The average Bonchev–Trinajstić information content (AvgIpc) is 3.61. The fourth-order valence-electron chi connectivity index (χ4n) is 4.95. The molecule has 2 aromatic carbocycles. The highest BCUT2D eigenvalue weighted by molar-refractivity contribution is 6.46. The van der Waals surface area contributed by atoms with Gasteiger partial charge in [0.2, 0.25) is 0 Å². The predicted molar refractivity (Wildman–Crippen MR) is 138 cm³/mol. The molecule has 0 bridgehead atoms. The van der Waals surface area contributed by atoms with Crippen molar-refractivity contribution in [1.82, 2.24) is 14.5 Å². The van der Waals surface area contributed by atoms with Crippen LogP contribution in [0.15, 0.2) is 79.4 Å². The molecule has 0 spiro atoms. The van der Waals surface area contributed by atoms with Crippen LogP contribution in [0.5, 0.6) is 11.5 Å². The number of aryl methyl sites for hydroxylation is 1. The third-order valence-corrected chi connectivity index (χ3v) is 6.63. The van der Waals surface area contributed by atoms with E-state index in [0.29, 0.717) is 49.4 Å². The van der Waals surface area contributed by atoms with E-state index in [1.165, 1.54) is 4.90 Å². The summed E-state index contributed by atoms with van der Waals surface area (Å²) in [5, 5.41) is 11.4. The highest BCUT2D eigenvalue weighted by Crippen LogP contribution is 2.41. The van der Waals surface area contributed by atoms with Crippen LogP contribution in [0.25, 0.3) is 5.76 Å². The van der Waals surface area contributed by atoms with E-state index in [1.807, 2.05) is 35.9 Å². The molecule has 1 amide bonds. The van der Waals surface area contributed by atoms with Gasteiger partial charge in [-0.25, -0.2) is 4.98 Å². The van der Waals surface area contributed by atoms with Crippen molar-refractivity contribution in [1.29, 1.82) is 0 Å². The Bertz CT molecular complexity index is 1360. The van der Waals surface area contributed by atoms with Crippen molar-refractivity contribution in [3.8, 4) is 11.5 Å². The largest absolute Gasteiger partial charge is 0.507 e. The number of benzene rings is 2. The lowest BCUT2D eigenvalue weighted by molar-refractivity contribution is -0.139. The molecular formula is C29H29N3O5. The minimum atomic E-state index is -0.751. The molecule has 190 valence electrons. The van der Waals surface area contributed by atoms with Crippen LogP contribution in [0, 0.1) is 0 Å². The number of ether oxygens (including phenoxy) is 2. The van der Waals surface area contributed by atoms with E-state index in [1.54, 1.807) is 42.9 Å². The van der Waals surface area contributed by atoms with Gasteiger partial charge in [-0.2, -0.15) is 0 Å². The van der Waals surface area contributed by atoms with Crippen molar-refractivity contribution in [2.75, 3.05) is 13.2 Å². The highest BCUT2D eigenvalue weighted by Gasteiger charge is 2.46. The number of rotatable bonds is 9. The van der Waals surface area contributed by atoms with Crippen molar-refractivity contribution >= 4 is 17.4 Å². The summed E-state index contributed by atoms with van der Waals surface area (Å²) < 4.78 is 13.4. The number of hydrogen-bond acceptors (Lipinski definition) is 6. The van der Waals surface area contributed by atoms with Gasteiger partial charge in [-0.15, -0.1) is 0 Å². The molecule has 2 unspecified atom stereocenters. The Balaban J connectivity index is 1.54. The molecule has 1 fully saturated rings. The normalized spacial score (nSPS) is 20.1. The summed E-state index contributed by atoms with van der Waals surface area (Å²) in [6.45, 7) is 6.96. The second-order valence-electron chi connectivity index (χ2n) is 9.27. The molecule has 3 heterocycles. The first kappa shape index (κ1) is 24.4. The Hall–Kier alpha value is -4.33. The monoisotopic (exact) mass is 499 g/mol. The lowest BCUT2D eigenvalue weighted by Gasteiger charge is -2.26. The highest BCUT2D eigenvalue weighted by atomic mass is 16.5. The smallest absolute Gasteiger partial charge is 0.295 e. The first-order chi connectivity index (χ1) is 18.0. The van der Waals surface area contributed by atoms with Crippen LogP contribution in [0.3, 0.4) is 0 Å². The maximum Gasteiger partial charge on any atom is 0.295 e. The van der Waals surface area contributed by atoms with E-state index in [9.17, 15) is 14.7 Å². The number of fused-ring (bicyclic) bond motifs is 1. The summed E-state index contributed by atoms with van der Waals surface area (Å²) in [6, 6.07) is 11.9. The molecule has 1 N–H and O–H groups in total. The summed E-state index contributed by atoms with van der Waals surface area (Å²) in [4.78, 5) is 32.2. The minimum Gasteiger partial charge on any atom is -0.507 e. The fourth-order valence-corrected chi connectivity index (χ4v) is 4.95. The van der Waals surface area contributed by atoms with Crippen molar-refractivity contribution < 1.29 is 24.2 Å². The Morgan fingerprint density at radius 1 is 1.24 bits per heavy atom. The minimum absolute atomic E-state index is 0.0479. The Labute approximate surface area is 215 Å². The molecule has 2 aliphatic heterocycles. The van der Waals surface area contributed by atoms with E-state index in [4.69, 9.17) is 9.47 Å². The molecule has 37 heavy (non-hydrogen) atoms. The van der Waals surface area contributed by atoms with Crippen molar-refractivity contribution in [2.24, 2.45) is 0 Å². The van der Waals surface area contributed by atoms with Gasteiger partial charge >= 0.3 is 0 Å². The number of imidazole rings is 1. The maximum atomic E-state index is 13.4. The molecule has 3 aromatic rings. The zero-order valence-corrected chi connectivity index (χ0v) is 20.7. The molecule has 2 aliphatic rings. The first-order valence-corrected chi connectivity index (χ1v) is 12.3. The number of carbonyl (C=O) groups is 2. The number of aromatic nitrogens is 2. The van der Waals surface area contributed by atoms with Crippen LogP contribution >= 0.6 is 0 Å². The zero-order valence-electron chi connectivity index (χ0n) is 20.7. The lowest BCUT2D eigenvalue weighted by Crippen LogP contribution is -2.31. The molecule has 1 aromatic heterocycles. The topological polar surface area (TPSA) is 93.9 Å². The van der Waals surface area contributed by atoms with Gasteiger partial charge in [-0.05, 0) is 54.8 Å². The molecule has 2 atom stereocenters. The van der Waals surface area contributed by atoms with Crippen molar-refractivity contribution in [2.45, 2.75) is 38.5 Å². The van der Waals surface area contributed by atoms with Gasteiger partial charge in [0.25, 0.3) is 11.7 Å². The summed E-state index contributed by atoms with van der Waals surface area (Å²) >= 11 is 0. The van der Waals surface area contributed by atoms with Crippen LogP contribution in [0.4, 0.5) is 0 Å². The van der Waals surface area contributed by atoms with Crippen LogP contribution in [0.2, 0.25) is 0 Å². The molecule has 8 heteroatoms. The number of aliphatic hydroxyl groups is 1. The number of carbonyl (C=O) groups excluding carboxylic acids is 2. The number of nitrogens with zero attached hydrogens (tertiary/aromatic N) is 3. The van der Waals surface area contributed by atoms with Crippen LogP contribution in [-0.4, -0.2) is 50.5 Å². The SMILES string of the molecule is C=CCOc1cccc(C2/C(=C(\O)c3ccc4c(c3)CC(C)O4)C(=O)C(=O)N2CCCn2ccnc2)c1. The second-order valence-corrected chi connectivity index (χ2v) is 9.27. The quantitative estimate of drug-likeness (QED) is 0.204. The molecule has 0 radical (unpaired) electrons. The van der Waals surface area contributed by atoms with E-state index in [2.05, 4.69) is 11.6 Å². The zero-order chi connectivity index (χ0) is 25.9. The number of hydrogen-bond donors (Lipinski definition) is 1. The third-order valence-electron chi connectivity index (χ3n) is 6.63. The molecule has 8 nitrogen and oxygen atoms in total. The van der Waals surface area contributed by atoms with Crippen molar-refractivity contribution in [3.05, 3.63) is 96.1 Å². The number of amides is 1. The van der Waals surface area contributed by atoms with Gasteiger partial charge in [0.15, 0.2) is 0 Å². The van der Waals surface area contributed by atoms with E-state index in [-0.39, 0.29) is 17.4 Å². The number of aliphatic hydroxyl groups excluding tert-OH is 1. The van der Waals surface area contributed by atoms with E-state index in [0.717, 1.165) is 11.3 Å². The van der Waals surface area contributed by atoms with Gasteiger partial charge in [0.05, 0.1) is 17.9 Å². The standard InChI is InChI=1S/C29H29N3O5/c1-3-14-36-23-7-4-6-20(17-23)26-25(27(33)21-8-9-24-22(16-21)15-19(2)37-24)28(34)29(35)32(26)12-5-11-31-13-10-30-18-31/h3-4,6-10,13,16-19,26,33H,1,5,11-12,14-15H2,2H3/b27-25+. The number of likely N-dealkylation sites (tertiary alicyclic amines) is 1. The Morgan fingerprint density at radius 2 is 2.11 bits per heavy atom.